The summed E-state index contributed by atoms with van der Waals surface area (Å²) < 4.78 is 0. The quantitative estimate of drug-likeness (QED) is 0.428. The number of rotatable bonds is 6. The van der Waals surface area contributed by atoms with Crippen molar-refractivity contribution in [1.82, 2.24) is 0 Å². The van der Waals surface area contributed by atoms with Gasteiger partial charge in [0, 0.05) is 0 Å². The molecule has 0 aromatic heterocycles. The molecule has 0 aromatic rings. The van der Waals surface area contributed by atoms with Gasteiger partial charge < -0.3 is 0 Å². The molecule has 5 atom stereocenters. The predicted octanol–water partition coefficient (Wildman–Crippen LogP) is 9.12. The zero-order valence-electron chi connectivity index (χ0n) is 19.8. The van der Waals surface area contributed by atoms with Crippen LogP contribution in [-0.4, -0.2) is 0 Å². The summed E-state index contributed by atoms with van der Waals surface area (Å²) in [6, 6.07) is 0. The highest BCUT2D eigenvalue weighted by molar-refractivity contribution is 5.30. The topological polar surface area (TPSA) is 0 Å². The van der Waals surface area contributed by atoms with Crippen LogP contribution in [0.25, 0.3) is 0 Å². The Kier molecular flexibility index (Phi) is 7.20. The zero-order chi connectivity index (χ0) is 20.4. The molecule has 3 rings (SSSR count). The van der Waals surface area contributed by atoms with E-state index in [4.69, 9.17) is 0 Å². The SMILES string of the molecule is C=C1CCCC/C1=C/CC1CCCC2(C)C1CCC2[C@H](C)CCCC(C)(C)C. The van der Waals surface area contributed by atoms with Crippen molar-refractivity contribution in [2.45, 2.75) is 118 Å². The van der Waals surface area contributed by atoms with E-state index in [0.29, 0.717) is 10.8 Å². The minimum Gasteiger partial charge on any atom is -0.0956 e. The summed E-state index contributed by atoms with van der Waals surface area (Å²) in [5.41, 5.74) is 4.17. The first kappa shape index (κ1) is 22.2. The Morgan fingerprint density at radius 1 is 1.11 bits per heavy atom. The number of allylic oxidation sites excluding steroid dienone is 3. The fourth-order valence-corrected chi connectivity index (χ4v) is 7.29. The van der Waals surface area contributed by atoms with Crippen LogP contribution in [0.4, 0.5) is 0 Å². The molecule has 0 spiro atoms. The van der Waals surface area contributed by atoms with Crippen LogP contribution in [0.2, 0.25) is 0 Å². The van der Waals surface area contributed by atoms with Crippen LogP contribution >= 0.6 is 0 Å². The largest absolute Gasteiger partial charge is 0.0956 e. The highest BCUT2D eigenvalue weighted by Gasteiger charge is 2.51. The van der Waals surface area contributed by atoms with Gasteiger partial charge >= 0.3 is 0 Å². The van der Waals surface area contributed by atoms with Crippen LogP contribution < -0.4 is 0 Å². The van der Waals surface area contributed by atoms with E-state index in [0.717, 1.165) is 23.7 Å². The average molecular weight is 385 g/mol. The van der Waals surface area contributed by atoms with Gasteiger partial charge in [0.2, 0.25) is 0 Å². The summed E-state index contributed by atoms with van der Waals surface area (Å²) in [7, 11) is 0. The molecule has 28 heavy (non-hydrogen) atoms. The van der Waals surface area contributed by atoms with Crippen molar-refractivity contribution in [2.75, 3.05) is 0 Å². The molecule has 4 unspecified atom stereocenters. The van der Waals surface area contributed by atoms with Crippen molar-refractivity contribution in [3.63, 3.8) is 0 Å². The van der Waals surface area contributed by atoms with E-state index in [-0.39, 0.29) is 0 Å². The van der Waals surface area contributed by atoms with Crippen LogP contribution in [0.1, 0.15) is 118 Å². The lowest BCUT2D eigenvalue weighted by Crippen LogP contribution is -2.39. The van der Waals surface area contributed by atoms with Crippen LogP contribution in [0.5, 0.6) is 0 Å². The smallest absolute Gasteiger partial charge is 0.0264 e. The summed E-state index contributed by atoms with van der Waals surface area (Å²) >= 11 is 0. The van der Waals surface area contributed by atoms with E-state index < -0.39 is 0 Å². The van der Waals surface area contributed by atoms with E-state index in [2.05, 4.69) is 47.3 Å². The Bertz CT molecular complexity index is 559. The van der Waals surface area contributed by atoms with Gasteiger partial charge in [0.1, 0.15) is 0 Å². The number of hydrogen-bond donors (Lipinski definition) is 0. The molecule has 3 aliphatic rings. The Morgan fingerprint density at radius 2 is 1.86 bits per heavy atom. The van der Waals surface area contributed by atoms with Gasteiger partial charge in [-0.3, -0.25) is 0 Å². The molecule has 3 aliphatic carbocycles. The Labute approximate surface area is 176 Å². The fraction of sp³-hybridized carbons (Fsp3) is 0.857. The lowest BCUT2D eigenvalue weighted by molar-refractivity contribution is 0.0290. The maximum absolute atomic E-state index is 4.35. The van der Waals surface area contributed by atoms with E-state index >= 15 is 0 Å². The Hall–Kier alpha value is -0.520. The Balaban J connectivity index is 1.60. The van der Waals surface area contributed by atoms with Crippen molar-refractivity contribution in [3.05, 3.63) is 23.8 Å². The maximum Gasteiger partial charge on any atom is -0.0264 e. The minimum atomic E-state index is 0.494. The van der Waals surface area contributed by atoms with Crippen LogP contribution in [-0.2, 0) is 0 Å². The number of fused-ring (bicyclic) bond motifs is 1. The van der Waals surface area contributed by atoms with E-state index in [1.165, 1.54) is 89.0 Å². The molecule has 0 aliphatic heterocycles. The first-order valence-electron chi connectivity index (χ1n) is 12.6. The van der Waals surface area contributed by atoms with Crippen LogP contribution in [0, 0.1) is 34.5 Å². The van der Waals surface area contributed by atoms with Gasteiger partial charge in [-0.25, -0.2) is 0 Å². The normalized spacial score (nSPS) is 36.5. The molecule has 160 valence electrons. The molecule has 0 aromatic carbocycles. The molecule has 0 nitrogen and oxygen atoms in total. The molecule has 3 saturated carbocycles. The van der Waals surface area contributed by atoms with Gasteiger partial charge in [0.15, 0.2) is 0 Å². The first-order chi connectivity index (χ1) is 13.2. The van der Waals surface area contributed by atoms with E-state index in [1.807, 2.05) is 0 Å². The third kappa shape index (κ3) is 5.14. The third-order valence-corrected chi connectivity index (χ3v) is 8.91. The van der Waals surface area contributed by atoms with Crippen molar-refractivity contribution in [2.24, 2.45) is 34.5 Å². The molecule has 0 bridgehead atoms. The monoisotopic (exact) mass is 384 g/mol. The van der Waals surface area contributed by atoms with E-state index in [1.54, 1.807) is 5.57 Å². The third-order valence-electron chi connectivity index (χ3n) is 8.91. The molecule has 0 radical (unpaired) electrons. The summed E-state index contributed by atoms with van der Waals surface area (Å²) in [5, 5.41) is 0. The minimum absolute atomic E-state index is 0.494. The van der Waals surface area contributed by atoms with Gasteiger partial charge in [-0.05, 0) is 104 Å². The molecule has 0 N–H and O–H groups in total. The Morgan fingerprint density at radius 3 is 2.57 bits per heavy atom. The predicted molar refractivity (Wildman–Crippen MR) is 124 cm³/mol. The van der Waals surface area contributed by atoms with Crippen molar-refractivity contribution in [1.29, 1.82) is 0 Å². The summed E-state index contributed by atoms with van der Waals surface area (Å²) in [5.74, 6) is 3.79. The maximum atomic E-state index is 4.35. The lowest BCUT2D eigenvalue weighted by Gasteiger charge is -2.47. The van der Waals surface area contributed by atoms with Gasteiger partial charge in [0.05, 0.1) is 0 Å². The second-order valence-corrected chi connectivity index (χ2v) is 12.2. The molecular formula is C28H48. The number of hydrogen-bond acceptors (Lipinski definition) is 0. The van der Waals surface area contributed by atoms with Gasteiger partial charge in [0.25, 0.3) is 0 Å². The summed E-state index contributed by atoms with van der Waals surface area (Å²) in [6.45, 7) is 16.8. The zero-order valence-corrected chi connectivity index (χ0v) is 19.8. The molecular weight excluding hydrogens is 336 g/mol. The van der Waals surface area contributed by atoms with Crippen LogP contribution in [0.15, 0.2) is 23.8 Å². The average Bonchev–Trinajstić information content (AvgIpc) is 2.97. The highest BCUT2D eigenvalue weighted by Crippen LogP contribution is 2.60. The molecule has 3 fully saturated rings. The molecule has 0 heteroatoms. The van der Waals surface area contributed by atoms with Gasteiger partial charge in [-0.1, -0.05) is 72.1 Å². The van der Waals surface area contributed by atoms with Crippen molar-refractivity contribution < 1.29 is 0 Å². The lowest BCUT2D eigenvalue weighted by atomic mass is 9.58. The second kappa shape index (κ2) is 9.09. The summed E-state index contributed by atoms with van der Waals surface area (Å²) in [4.78, 5) is 0. The first-order valence-corrected chi connectivity index (χ1v) is 12.6. The van der Waals surface area contributed by atoms with Crippen molar-refractivity contribution in [3.8, 4) is 0 Å². The fourth-order valence-electron chi connectivity index (χ4n) is 7.29. The van der Waals surface area contributed by atoms with Gasteiger partial charge in [-0.2, -0.15) is 0 Å². The van der Waals surface area contributed by atoms with Crippen LogP contribution in [0.3, 0.4) is 0 Å². The standard InChI is InChI=1S/C28H48/c1-21-11-7-8-13-23(21)15-16-24-14-10-20-28(6)25(17-18-26(24)28)22(2)12-9-19-27(3,4)5/h15,22,24-26H,1,7-14,16-20H2,2-6H3/b23-15-/t22-,24?,25?,26?,28?/m1/s1. The second-order valence-electron chi connectivity index (χ2n) is 12.2. The molecule has 0 amide bonds. The summed E-state index contributed by atoms with van der Waals surface area (Å²) in [6.07, 6.45) is 20.9. The van der Waals surface area contributed by atoms with Crippen molar-refractivity contribution >= 4 is 0 Å². The highest BCUT2D eigenvalue weighted by atomic mass is 14.6. The molecule has 0 saturated heterocycles. The van der Waals surface area contributed by atoms with E-state index in [9.17, 15) is 0 Å². The van der Waals surface area contributed by atoms with Gasteiger partial charge in [-0.15, -0.1) is 0 Å². The molecule has 0 heterocycles.